The third kappa shape index (κ3) is 5.29. The minimum absolute atomic E-state index is 0.183. The normalized spacial score (nSPS) is 19.2. The van der Waals surface area contributed by atoms with Crippen LogP contribution in [0.3, 0.4) is 0 Å². The Morgan fingerprint density at radius 3 is 2.24 bits per heavy atom. The summed E-state index contributed by atoms with van der Waals surface area (Å²) in [6.45, 7) is 9.51. The van der Waals surface area contributed by atoms with Crippen molar-refractivity contribution in [3.05, 3.63) is 12.7 Å². The number of carbonyl (C=O) groups is 2. The van der Waals surface area contributed by atoms with Gasteiger partial charge >= 0.3 is 0 Å². The van der Waals surface area contributed by atoms with E-state index in [1.807, 2.05) is 20.8 Å². The zero-order chi connectivity index (χ0) is 16.0. The molecule has 0 aromatic rings. The van der Waals surface area contributed by atoms with Crippen molar-refractivity contribution < 1.29 is 9.59 Å². The zero-order valence-corrected chi connectivity index (χ0v) is 13.9. The van der Waals surface area contributed by atoms with Crippen LogP contribution in [0.25, 0.3) is 0 Å². The van der Waals surface area contributed by atoms with E-state index in [-0.39, 0.29) is 23.5 Å². The molecule has 1 aliphatic carbocycles. The van der Waals surface area contributed by atoms with Gasteiger partial charge in [0.1, 0.15) is 5.78 Å². The molecule has 3 heteroatoms. The van der Waals surface area contributed by atoms with Crippen molar-refractivity contribution in [2.75, 3.05) is 0 Å². The topological polar surface area (TPSA) is 60.2 Å². The minimum atomic E-state index is -0.425. The van der Waals surface area contributed by atoms with E-state index >= 15 is 0 Å². The number of nitrogens with two attached hydrogens (primary N) is 1. The molecular weight excluding hydrogens is 262 g/mol. The molecule has 3 nitrogen and oxygen atoms in total. The second-order valence-corrected chi connectivity index (χ2v) is 7.48. The average Bonchev–Trinajstić information content (AvgIpc) is 2.88. The Hall–Kier alpha value is -1.12. The Morgan fingerprint density at radius 1 is 1.24 bits per heavy atom. The van der Waals surface area contributed by atoms with E-state index in [9.17, 15) is 9.59 Å². The van der Waals surface area contributed by atoms with E-state index in [1.165, 1.54) is 25.7 Å². The van der Waals surface area contributed by atoms with Crippen LogP contribution in [0.5, 0.6) is 0 Å². The number of amides is 1. The summed E-state index contributed by atoms with van der Waals surface area (Å²) in [6.07, 6.45) is 8.83. The standard InChI is InChI=1S/C18H31NO2/c1-5-6-11-14(17(19)21)15(16(20)18(2,3)4)12-13-9-7-8-10-13/h5,13-15H,1,6-12H2,2-4H3,(H2,19,21)/t14-,15+/m0/s1. The number of ketones is 1. The van der Waals surface area contributed by atoms with E-state index in [0.29, 0.717) is 12.3 Å². The monoisotopic (exact) mass is 293 g/mol. The van der Waals surface area contributed by atoms with Crippen molar-refractivity contribution in [2.45, 2.75) is 65.7 Å². The van der Waals surface area contributed by atoms with Gasteiger partial charge in [-0.15, -0.1) is 6.58 Å². The summed E-state index contributed by atoms with van der Waals surface area (Å²) in [5.41, 5.74) is 5.18. The van der Waals surface area contributed by atoms with Crippen molar-refractivity contribution in [3.63, 3.8) is 0 Å². The molecule has 0 aromatic heterocycles. The van der Waals surface area contributed by atoms with E-state index in [2.05, 4.69) is 6.58 Å². The molecular formula is C18H31NO2. The lowest BCUT2D eigenvalue weighted by Gasteiger charge is -2.31. The number of hydrogen-bond acceptors (Lipinski definition) is 2. The van der Waals surface area contributed by atoms with E-state index in [1.54, 1.807) is 6.08 Å². The molecule has 1 saturated carbocycles. The van der Waals surface area contributed by atoms with Gasteiger partial charge in [0.15, 0.2) is 0 Å². The first-order valence-electron chi connectivity index (χ1n) is 8.22. The number of Topliss-reactive ketones (excluding diaryl/α,β-unsaturated/α-hetero) is 1. The second kappa shape index (κ2) is 7.77. The van der Waals surface area contributed by atoms with Gasteiger partial charge in [0.05, 0.1) is 0 Å². The van der Waals surface area contributed by atoms with Crippen LogP contribution in [-0.4, -0.2) is 11.7 Å². The molecule has 0 aliphatic heterocycles. The van der Waals surface area contributed by atoms with Gasteiger partial charge in [0.2, 0.25) is 5.91 Å². The SMILES string of the molecule is C=CCC[C@H](C(N)=O)[C@@H](CC1CCCC1)C(=O)C(C)(C)C. The first-order chi connectivity index (χ1) is 9.77. The first-order valence-corrected chi connectivity index (χ1v) is 8.22. The maximum Gasteiger partial charge on any atom is 0.221 e. The Morgan fingerprint density at radius 2 is 1.81 bits per heavy atom. The number of carbonyl (C=O) groups excluding carboxylic acids is 2. The zero-order valence-electron chi connectivity index (χ0n) is 13.9. The summed E-state index contributed by atoms with van der Waals surface area (Å²) < 4.78 is 0. The van der Waals surface area contributed by atoms with Gasteiger partial charge in [-0.3, -0.25) is 9.59 Å². The predicted octanol–water partition coefficient (Wildman–Crippen LogP) is 3.87. The minimum Gasteiger partial charge on any atom is -0.369 e. The molecule has 120 valence electrons. The Bertz CT molecular complexity index is 375. The smallest absolute Gasteiger partial charge is 0.221 e. The molecule has 0 unspecified atom stereocenters. The quantitative estimate of drug-likeness (QED) is 0.691. The van der Waals surface area contributed by atoms with Crippen molar-refractivity contribution in [3.8, 4) is 0 Å². The molecule has 0 bridgehead atoms. The largest absolute Gasteiger partial charge is 0.369 e. The highest BCUT2D eigenvalue weighted by Crippen LogP contribution is 2.37. The van der Waals surface area contributed by atoms with Crippen LogP contribution < -0.4 is 5.73 Å². The molecule has 1 fully saturated rings. The fraction of sp³-hybridized carbons (Fsp3) is 0.778. The summed E-state index contributed by atoms with van der Waals surface area (Å²) >= 11 is 0. The maximum absolute atomic E-state index is 12.8. The van der Waals surface area contributed by atoms with Crippen LogP contribution >= 0.6 is 0 Å². The lowest BCUT2D eigenvalue weighted by molar-refractivity contribution is -0.138. The third-order valence-electron chi connectivity index (χ3n) is 4.67. The highest BCUT2D eigenvalue weighted by molar-refractivity contribution is 5.91. The fourth-order valence-corrected chi connectivity index (χ4v) is 3.45. The summed E-state index contributed by atoms with van der Waals surface area (Å²) in [6, 6.07) is 0. The van der Waals surface area contributed by atoms with Crippen LogP contribution in [-0.2, 0) is 9.59 Å². The van der Waals surface area contributed by atoms with E-state index in [4.69, 9.17) is 5.73 Å². The van der Waals surface area contributed by atoms with Gasteiger partial charge in [-0.25, -0.2) is 0 Å². The molecule has 21 heavy (non-hydrogen) atoms. The van der Waals surface area contributed by atoms with Gasteiger partial charge < -0.3 is 5.73 Å². The molecule has 1 amide bonds. The molecule has 0 radical (unpaired) electrons. The van der Waals surface area contributed by atoms with Crippen molar-refractivity contribution in [1.29, 1.82) is 0 Å². The molecule has 1 aliphatic rings. The van der Waals surface area contributed by atoms with E-state index < -0.39 is 5.41 Å². The summed E-state index contributed by atoms with van der Waals surface area (Å²) in [5.74, 6) is -0.160. The summed E-state index contributed by atoms with van der Waals surface area (Å²) in [7, 11) is 0. The lowest BCUT2D eigenvalue weighted by atomic mass is 9.71. The van der Waals surface area contributed by atoms with Crippen LogP contribution in [0.4, 0.5) is 0 Å². The second-order valence-electron chi connectivity index (χ2n) is 7.48. The van der Waals surface area contributed by atoms with Crippen LogP contribution in [0.2, 0.25) is 0 Å². The van der Waals surface area contributed by atoms with Gasteiger partial charge in [0.25, 0.3) is 0 Å². The molecule has 1 rings (SSSR count). The van der Waals surface area contributed by atoms with Crippen LogP contribution in [0, 0.1) is 23.2 Å². The summed E-state index contributed by atoms with van der Waals surface area (Å²) in [4.78, 5) is 24.7. The van der Waals surface area contributed by atoms with Crippen molar-refractivity contribution >= 4 is 11.7 Å². The summed E-state index contributed by atoms with van der Waals surface area (Å²) in [5, 5.41) is 0. The Balaban J connectivity index is 2.93. The Kier molecular flexibility index (Phi) is 6.63. The average molecular weight is 293 g/mol. The van der Waals surface area contributed by atoms with Gasteiger partial charge in [-0.1, -0.05) is 52.5 Å². The molecule has 2 atom stereocenters. The fourth-order valence-electron chi connectivity index (χ4n) is 3.45. The lowest BCUT2D eigenvalue weighted by Crippen LogP contribution is -2.40. The van der Waals surface area contributed by atoms with Crippen molar-refractivity contribution in [2.24, 2.45) is 28.9 Å². The molecule has 0 saturated heterocycles. The molecule has 0 aromatic carbocycles. The molecule has 0 spiro atoms. The van der Waals surface area contributed by atoms with Gasteiger partial charge in [0, 0.05) is 17.3 Å². The van der Waals surface area contributed by atoms with Crippen LogP contribution in [0.15, 0.2) is 12.7 Å². The molecule has 0 heterocycles. The number of rotatable bonds is 8. The number of allylic oxidation sites excluding steroid dienone is 1. The van der Waals surface area contributed by atoms with Gasteiger partial charge in [-0.05, 0) is 25.2 Å². The van der Waals surface area contributed by atoms with Crippen LogP contribution in [0.1, 0.15) is 65.7 Å². The number of primary amides is 1. The molecule has 2 N–H and O–H groups in total. The maximum atomic E-state index is 12.8. The van der Waals surface area contributed by atoms with E-state index in [0.717, 1.165) is 12.8 Å². The Labute approximate surface area is 129 Å². The predicted molar refractivity (Wildman–Crippen MR) is 86.6 cm³/mol. The van der Waals surface area contributed by atoms with Gasteiger partial charge in [-0.2, -0.15) is 0 Å². The number of hydrogen-bond donors (Lipinski definition) is 1. The highest BCUT2D eigenvalue weighted by atomic mass is 16.1. The highest BCUT2D eigenvalue weighted by Gasteiger charge is 2.38. The first kappa shape index (κ1) is 17.9. The third-order valence-corrected chi connectivity index (χ3v) is 4.67. The van der Waals surface area contributed by atoms with Crippen molar-refractivity contribution in [1.82, 2.24) is 0 Å².